The van der Waals surface area contributed by atoms with Gasteiger partial charge >= 0.3 is 7.12 Å². The molecule has 3 nitrogen and oxygen atoms in total. The lowest BCUT2D eigenvalue weighted by atomic mass is 9.69. The highest BCUT2D eigenvalue weighted by molar-refractivity contribution is 6.62. The van der Waals surface area contributed by atoms with Gasteiger partial charge in [0.2, 0.25) is 0 Å². The average molecular weight is 570 g/mol. The van der Waals surface area contributed by atoms with Crippen LogP contribution in [-0.2, 0) is 14.7 Å². The van der Waals surface area contributed by atoms with Gasteiger partial charge in [-0.05, 0) is 78.2 Å². The number of fused-ring (bicyclic) bond motifs is 12. The molecule has 1 aromatic heterocycles. The number of para-hydroxylation sites is 1. The molecule has 44 heavy (non-hydrogen) atoms. The smallest absolute Gasteiger partial charge is 0.399 e. The molecule has 4 heteroatoms. The number of aromatic nitrogens is 1. The van der Waals surface area contributed by atoms with Crippen molar-refractivity contribution in [2.45, 2.75) is 44.3 Å². The van der Waals surface area contributed by atoms with Crippen LogP contribution >= 0.6 is 0 Å². The number of rotatable bonds is 2. The Morgan fingerprint density at radius 1 is 0.568 bits per heavy atom. The molecular formula is C40H32BNO2. The van der Waals surface area contributed by atoms with E-state index in [1.54, 1.807) is 0 Å². The predicted octanol–water partition coefficient (Wildman–Crippen LogP) is 8.54. The molecule has 212 valence electrons. The standard InChI is InChI=1S/C40H32BNO2/c1-38(2)39(3,4)44-41(43-38)26-15-13-14-25(24-26)37-35-29-18-7-11-22-33(29)40(36(35)30-19-8-12-23-34(30)42-37)31-20-9-5-16-27(31)28-17-6-10-21-32(28)40/h5-24H,1-4H3. The van der Waals surface area contributed by atoms with Gasteiger partial charge in [-0.25, -0.2) is 4.98 Å². The third kappa shape index (κ3) is 3.22. The molecule has 0 amide bonds. The molecule has 1 spiro atoms. The molecule has 0 bridgehead atoms. The van der Waals surface area contributed by atoms with E-state index in [4.69, 9.17) is 14.3 Å². The normalized spacial score (nSPS) is 17.9. The van der Waals surface area contributed by atoms with Crippen LogP contribution in [0.2, 0.25) is 0 Å². The molecule has 0 unspecified atom stereocenters. The van der Waals surface area contributed by atoms with E-state index < -0.39 is 23.7 Å². The van der Waals surface area contributed by atoms with Gasteiger partial charge in [0.1, 0.15) is 0 Å². The average Bonchev–Trinajstić information content (AvgIpc) is 3.60. The second-order valence-corrected chi connectivity index (χ2v) is 13.3. The Morgan fingerprint density at radius 2 is 1.11 bits per heavy atom. The number of pyridine rings is 1. The minimum absolute atomic E-state index is 0.412. The summed E-state index contributed by atoms with van der Waals surface area (Å²) in [5.74, 6) is 0. The van der Waals surface area contributed by atoms with E-state index >= 15 is 0 Å². The minimum Gasteiger partial charge on any atom is -0.399 e. The zero-order valence-corrected chi connectivity index (χ0v) is 25.4. The van der Waals surface area contributed by atoms with Gasteiger partial charge < -0.3 is 9.31 Å². The van der Waals surface area contributed by atoms with Gasteiger partial charge in [-0.2, -0.15) is 0 Å². The third-order valence-corrected chi connectivity index (χ3v) is 10.5. The van der Waals surface area contributed by atoms with Gasteiger partial charge in [-0.15, -0.1) is 0 Å². The summed E-state index contributed by atoms with van der Waals surface area (Å²) in [6.07, 6.45) is 0. The van der Waals surface area contributed by atoms with Crippen molar-refractivity contribution in [3.05, 3.63) is 144 Å². The first-order chi connectivity index (χ1) is 21.3. The van der Waals surface area contributed by atoms with Crippen molar-refractivity contribution < 1.29 is 9.31 Å². The Labute approximate surface area is 258 Å². The van der Waals surface area contributed by atoms with Crippen molar-refractivity contribution in [2.24, 2.45) is 0 Å². The van der Waals surface area contributed by atoms with E-state index in [-0.39, 0.29) is 0 Å². The molecule has 0 saturated carbocycles. The quantitative estimate of drug-likeness (QED) is 0.196. The van der Waals surface area contributed by atoms with Crippen molar-refractivity contribution in [3.8, 4) is 33.5 Å². The lowest BCUT2D eigenvalue weighted by Crippen LogP contribution is -2.41. The highest BCUT2D eigenvalue weighted by Crippen LogP contribution is 2.65. The number of nitrogens with zero attached hydrogens (tertiary/aromatic N) is 1. The largest absolute Gasteiger partial charge is 0.494 e. The van der Waals surface area contributed by atoms with Gasteiger partial charge in [0.15, 0.2) is 0 Å². The van der Waals surface area contributed by atoms with Gasteiger partial charge in [-0.1, -0.05) is 115 Å². The van der Waals surface area contributed by atoms with E-state index in [0.29, 0.717) is 0 Å². The molecule has 1 saturated heterocycles. The molecule has 2 heterocycles. The first-order valence-electron chi connectivity index (χ1n) is 15.5. The van der Waals surface area contributed by atoms with Gasteiger partial charge in [-0.3, -0.25) is 0 Å². The Bertz CT molecular complexity index is 2100. The molecule has 9 rings (SSSR count). The van der Waals surface area contributed by atoms with Crippen LogP contribution < -0.4 is 5.46 Å². The fourth-order valence-electron chi connectivity index (χ4n) is 7.84. The van der Waals surface area contributed by atoms with Gasteiger partial charge in [0.05, 0.1) is 27.8 Å². The topological polar surface area (TPSA) is 31.4 Å². The van der Waals surface area contributed by atoms with Crippen molar-refractivity contribution in [3.63, 3.8) is 0 Å². The Hall–Kier alpha value is -4.51. The summed E-state index contributed by atoms with van der Waals surface area (Å²) in [5, 5.41) is 1.19. The molecule has 0 radical (unpaired) electrons. The maximum atomic E-state index is 6.47. The van der Waals surface area contributed by atoms with E-state index in [2.05, 4.69) is 149 Å². The second-order valence-electron chi connectivity index (χ2n) is 13.3. The third-order valence-electron chi connectivity index (χ3n) is 10.5. The van der Waals surface area contributed by atoms with Crippen molar-refractivity contribution in [1.82, 2.24) is 4.98 Å². The monoisotopic (exact) mass is 569 g/mol. The fourth-order valence-corrected chi connectivity index (χ4v) is 7.84. The van der Waals surface area contributed by atoms with Crippen molar-refractivity contribution in [1.29, 1.82) is 0 Å². The molecule has 1 aliphatic heterocycles. The maximum Gasteiger partial charge on any atom is 0.494 e. The van der Waals surface area contributed by atoms with Crippen molar-refractivity contribution >= 4 is 23.5 Å². The first-order valence-corrected chi connectivity index (χ1v) is 15.5. The lowest BCUT2D eigenvalue weighted by molar-refractivity contribution is 0.00578. The van der Waals surface area contributed by atoms with Crippen LogP contribution in [0.15, 0.2) is 121 Å². The van der Waals surface area contributed by atoms with Crippen LogP contribution in [0.1, 0.15) is 49.9 Å². The van der Waals surface area contributed by atoms with E-state index in [0.717, 1.165) is 22.2 Å². The lowest BCUT2D eigenvalue weighted by Gasteiger charge is -2.32. The summed E-state index contributed by atoms with van der Waals surface area (Å²) in [5.41, 5.74) is 13.1. The molecular weight excluding hydrogens is 537 g/mol. The van der Waals surface area contributed by atoms with E-state index in [9.17, 15) is 0 Å². The number of hydrogen-bond donors (Lipinski definition) is 0. The molecule has 0 N–H and O–H groups in total. The zero-order valence-electron chi connectivity index (χ0n) is 25.4. The molecule has 6 aromatic rings. The number of hydrogen-bond acceptors (Lipinski definition) is 3. The summed E-state index contributed by atoms with van der Waals surface area (Å²) in [7, 11) is -0.444. The van der Waals surface area contributed by atoms with Crippen molar-refractivity contribution in [2.75, 3.05) is 0 Å². The second kappa shape index (κ2) is 8.78. The van der Waals surface area contributed by atoms with E-state index in [1.807, 2.05) is 0 Å². The van der Waals surface area contributed by atoms with Crippen LogP contribution in [0.3, 0.4) is 0 Å². The van der Waals surface area contributed by atoms with Crippen LogP contribution in [0.5, 0.6) is 0 Å². The summed E-state index contributed by atoms with van der Waals surface area (Å²) in [4.78, 5) is 5.43. The fraction of sp³-hybridized carbons (Fsp3) is 0.175. The molecule has 3 aliphatic rings. The summed E-state index contributed by atoms with van der Waals surface area (Å²) < 4.78 is 12.9. The summed E-state index contributed by atoms with van der Waals surface area (Å²) in [6, 6.07) is 44.1. The highest BCUT2D eigenvalue weighted by atomic mass is 16.7. The van der Waals surface area contributed by atoms with Gasteiger partial charge in [0, 0.05) is 16.5 Å². The van der Waals surface area contributed by atoms with Crippen LogP contribution in [0.4, 0.5) is 0 Å². The molecule has 5 aromatic carbocycles. The Balaban J connectivity index is 1.37. The molecule has 2 aliphatic carbocycles. The van der Waals surface area contributed by atoms with Gasteiger partial charge in [0.25, 0.3) is 0 Å². The molecule has 0 atom stereocenters. The molecule has 1 fully saturated rings. The first kappa shape index (κ1) is 25.9. The SMILES string of the molecule is CC1(C)OB(c2cccc(-c3nc4ccccc4c4c3-c3ccccc3C43c4ccccc4-c4ccccc43)c2)OC1(C)C. The number of benzene rings is 5. The maximum absolute atomic E-state index is 6.47. The Morgan fingerprint density at radius 3 is 1.77 bits per heavy atom. The van der Waals surface area contributed by atoms with E-state index in [1.165, 1.54) is 49.9 Å². The minimum atomic E-state index is -0.445. The zero-order chi connectivity index (χ0) is 29.8. The van der Waals surface area contributed by atoms with Crippen LogP contribution in [0.25, 0.3) is 44.4 Å². The Kier molecular flexibility index (Phi) is 5.18. The summed E-state index contributed by atoms with van der Waals surface area (Å²) in [6.45, 7) is 8.40. The summed E-state index contributed by atoms with van der Waals surface area (Å²) >= 11 is 0. The van der Waals surface area contributed by atoms with Crippen LogP contribution in [-0.4, -0.2) is 23.3 Å². The highest BCUT2D eigenvalue weighted by Gasteiger charge is 2.54. The van der Waals surface area contributed by atoms with Crippen LogP contribution in [0, 0.1) is 0 Å². The predicted molar refractivity (Wildman–Crippen MR) is 179 cm³/mol.